The smallest absolute Gasteiger partial charge is 0.254 e. The van der Waals surface area contributed by atoms with Crippen LogP contribution in [0.3, 0.4) is 0 Å². The third kappa shape index (κ3) is 7.69. The first-order valence-electron chi connectivity index (χ1n) is 11.1. The molecule has 0 aliphatic carbocycles. The molecule has 11 heteroatoms. The molecule has 0 fully saturated rings. The van der Waals surface area contributed by atoms with Crippen LogP contribution >= 0.6 is 0 Å². The summed E-state index contributed by atoms with van der Waals surface area (Å²) in [4.78, 5) is 12.4. The maximum absolute atomic E-state index is 14.3. The second-order valence-electron chi connectivity index (χ2n) is 8.81. The van der Waals surface area contributed by atoms with E-state index in [2.05, 4.69) is 4.72 Å². The highest BCUT2D eigenvalue weighted by Gasteiger charge is 2.19. The second-order valence-corrected chi connectivity index (χ2v) is 9.60. The number of ether oxygens (including phenoxy) is 2. The van der Waals surface area contributed by atoms with Gasteiger partial charge in [0.05, 0.1) is 12.2 Å². The van der Waals surface area contributed by atoms with Crippen molar-refractivity contribution in [2.75, 3.05) is 13.2 Å². The molecular formula is C25H28F2N2O6S. The van der Waals surface area contributed by atoms with E-state index in [1.54, 1.807) is 45.3 Å². The largest absolute Gasteiger partial charge is 0.493 e. The fourth-order valence-electron chi connectivity index (χ4n) is 3.34. The monoisotopic (exact) mass is 522 g/mol. The molecule has 36 heavy (non-hydrogen) atoms. The topological polar surface area (TPSA) is 110 Å². The van der Waals surface area contributed by atoms with E-state index >= 15 is 0 Å². The number of rotatable bonds is 11. The van der Waals surface area contributed by atoms with Crippen LogP contribution in [0.1, 0.15) is 25.8 Å². The summed E-state index contributed by atoms with van der Waals surface area (Å²) in [6.45, 7) is 3.61. The van der Waals surface area contributed by atoms with Crippen molar-refractivity contribution in [2.45, 2.75) is 32.3 Å². The number of nitrogens with zero attached hydrogens (tertiary/aromatic N) is 1. The molecule has 3 aromatic rings. The summed E-state index contributed by atoms with van der Waals surface area (Å²) in [7, 11) is 1.57. The lowest BCUT2D eigenvalue weighted by Crippen LogP contribution is -2.22. The lowest BCUT2D eigenvalue weighted by atomic mass is 10.0. The molecule has 3 N–H and O–H groups in total. The molecule has 0 bridgehead atoms. The predicted molar refractivity (Wildman–Crippen MR) is 132 cm³/mol. The first-order chi connectivity index (χ1) is 16.9. The van der Waals surface area contributed by atoms with Gasteiger partial charge in [0.25, 0.3) is 5.56 Å². The number of aromatic nitrogens is 1. The summed E-state index contributed by atoms with van der Waals surface area (Å²) in [6.07, 6.45) is 2.23. The van der Waals surface area contributed by atoms with Crippen molar-refractivity contribution in [2.24, 2.45) is 7.05 Å². The highest BCUT2D eigenvalue weighted by atomic mass is 32.2. The van der Waals surface area contributed by atoms with E-state index in [1.165, 1.54) is 16.7 Å². The van der Waals surface area contributed by atoms with E-state index in [4.69, 9.17) is 14.0 Å². The van der Waals surface area contributed by atoms with E-state index in [0.29, 0.717) is 30.0 Å². The fourth-order valence-corrected chi connectivity index (χ4v) is 3.61. The van der Waals surface area contributed by atoms with Gasteiger partial charge in [0.1, 0.15) is 17.3 Å². The first kappa shape index (κ1) is 27.5. The van der Waals surface area contributed by atoms with Crippen LogP contribution in [0.4, 0.5) is 8.78 Å². The van der Waals surface area contributed by atoms with E-state index in [-0.39, 0.29) is 36.0 Å². The van der Waals surface area contributed by atoms with Crippen LogP contribution in [0.15, 0.2) is 53.5 Å². The van der Waals surface area contributed by atoms with Crippen molar-refractivity contribution in [1.29, 1.82) is 0 Å². The molecular weight excluding hydrogens is 494 g/mol. The van der Waals surface area contributed by atoms with Crippen molar-refractivity contribution in [3.8, 4) is 28.4 Å². The molecule has 0 aliphatic heterocycles. The molecule has 0 spiro atoms. The zero-order valence-corrected chi connectivity index (χ0v) is 20.9. The van der Waals surface area contributed by atoms with Gasteiger partial charge in [0, 0.05) is 49.5 Å². The molecule has 2 aromatic carbocycles. The molecule has 1 atom stereocenters. The number of nitrogens with one attached hydrogen (secondary N) is 1. The van der Waals surface area contributed by atoms with Crippen LogP contribution in [-0.2, 0) is 24.7 Å². The van der Waals surface area contributed by atoms with Gasteiger partial charge < -0.3 is 19.1 Å². The van der Waals surface area contributed by atoms with Gasteiger partial charge in [-0.25, -0.2) is 17.7 Å². The molecule has 0 saturated heterocycles. The normalized spacial score (nSPS) is 12.4. The maximum Gasteiger partial charge on any atom is 0.254 e. The minimum atomic E-state index is -2.16. The maximum atomic E-state index is 14.3. The molecule has 0 saturated carbocycles. The van der Waals surface area contributed by atoms with Gasteiger partial charge in [0.15, 0.2) is 11.6 Å². The Morgan fingerprint density at radius 3 is 2.44 bits per heavy atom. The number of aryl methyl sites for hydroxylation is 1. The van der Waals surface area contributed by atoms with Crippen molar-refractivity contribution in [1.82, 2.24) is 9.29 Å². The molecule has 1 aromatic heterocycles. The Bertz CT molecular complexity index is 1310. The van der Waals surface area contributed by atoms with Gasteiger partial charge in [-0.15, -0.1) is 0 Å². The van der Waals surface area contributed by atoms with Crippen LogP contribution in [-0.4, -0.2) is 37.2 Å². The molecule has 1 heterocycles. The van der Waals surface area contributed by atoms with Crippen molar-refractivity contribution in [3.05, 3.63) is 76.2 Å². The lowest BCUT2D eigenvalue weighted by molar-refractivity contribution is 0.0554. The van der Waals surface area contributed by atoms with Crippen LogP contribution in [0.25, 0.3) is 11.1 Å². The Morgan fingerprint density at radius 2 is 1.78 bits per heavy atom. The Balaban J connectivity index is 2.07. The number of hydrogen-bond donors (Lipinski definition) is 3. The molecule has 0 amide bonds. The van der Waals surface area contributed by atoms with Gasteiger partial charge in [-0.1, -0.05) is 6.07 Å². The van der Waals surface area contributed by atoms with E-state index in [0.717, 1.165) is 11.6 Å². The summed E-state index contributed by atoms with van der Waals surface area (Å²) in [5, 5.41) is 10.0. The third-order valence-corrected chi connectivity index (χ3v) is 5.70. The molecule has 0 aliphatic rings. The van der Waals surface area contributed by atoms with Crippen molar-refractivity contribution >= 4 is 11.3 Å². The average molecular weight is 523 g/mol. The zero-order valence-electron chi connectivity index (χ0n) is 20.1. The number of halogens is 2. The third-order valence-electron chi connectivity index (χ3n) is 5.25. The van der Waals surface area contributed by atoms with Crippen LogP contribution in [0, 0.1) is 11.6 Å². The quantitative estimate of drug-likeness (QED) is 0.329. The minimum Gasteiger partial charge on any atom is -0.493 e. The van der Waals surface area contributed by atoms with Crippen LogP contribution in [0.5, 0.6) is 17.2 Å². The summed E-state index contributed by atoms with van der Waals surface area (Å²) in [6, 6.07) is 9.30. The summed E-state index contributed by atoms with van der Waals surface area (Å²) in [5.74, 6) is -1.38. The number of aliphatic hydroxyl groups is 1. The summed E-state index contributed by atoms with van der Waals surface area (Å²) in [5.41, 5.74) is 0.371. The van der Waals surface area contributed by atoms with Gasteiger partial charge >= 0.3 is 0 Å². The van der Waals surface area contributed by atoms with Crippen LogP contribution < -0.4 is 19.8 Å². The molecule has 3 rings (SSSR count). The number of pyridine rings is 1. The summed E-state index contributed by atoms with van der Waals surface area (Å²) >= 11 is -2.16. The fraction of sp³-hybridized carbons (Fsp3) is 0.320. The SMILES string of the molecule is Cn1cc(-c2cc(CCNS(=O)O)ccc2Oc2ccc(F)cc2F)c(OCCC(C)(C)O)cc1=O. The Labute approximate surface area is 209 Å². The van der Waals surface area contributed by atoms with Gasteiger partial charge in [-0.2, -0.15) is 0 Å². The Morgan fingerprint density at radius 1 is 1.06 bits per heavy atom. The first-order valence-corrected chi connectivity index (χ1v) is 12.2. The van der Waals surface area contributed by atoms with E-state index in [1.807, 2.05) is 0 Å². The second kappa shape index (κ2) is 11.7. The van der Waals surface area contributed by atoms with Gasteiger partial charge in [-0.3, -0.25) is 9.35 Å². The lowest BCUT2D eigenvalue weighted by Gasteiger charge is -2.20. The molecule has 0 radical (unpaired) electrons. The highest BCUT2D eigenvalue weighted by Crippen LogP contribution is 2.39. The van der Waals surface area contributed by atoms with Crippen molar-refractivity contribution in [3.63, 3.8) is 0 Å². The predicted octanol–water partition coefficient (Wildman–Crippen LogP) is 3.93. The Hall–Kier alpha value is -3.12. The minimum absolute atomic E-state index is 0.123. The Kier molecular flexibility index (Phi) is 8.96. The standard InChI is InChI=1S/C25H28F2N2O6S/c1-25(2,31)9-11-34-23-14-24(30)29(3)15-19(23)18-12-16(8-10-28-36(32)33)4-6-21(18)35-22-7-5-17(26)13-20(22)27/h4-7,12-15,28,31H,8-11H2,1-3H3,(H,32,33). The summed E-state index contributed by atoms with van der Waals surface area (Å²) < 4.78 is 63.0. The molecule has 8 nitrogen and oxygen atoms in total. The molecule has 1 unspecified atom stereocenters. The van der Waals surface area contributed by atoms with E-state index < -0.39 is 28.5 Å². The van der Waals surface area contributed by atoms with Crippen molar-refractivity contribution < 1.29 is 32.1 Å². The zero-order chi connectivity index (χ0) is 26.5. The number of benzene rings is 2. The van der Waals surface area contributed by atoms with Gasteiger partial charge in [0.2, 0.25) is 11.3 Å². The number of hydrogen-bond acceptors (Lipinski definition) is 5. The van der Waals surface area contributed by atoms with Crippen LogP contribution in [0.2, 0.25) is 0 Å². The van der Waals surface area contributed by atoms with E-state index in [9.17, 15) is 22.9 Å². The highest BCUT2D eigenvalue weighted by molar-refractivity contribution is 7.77. The average Bonchev–Trinajstić information content (AvgIpc) is 2.77. The van der Waals surface area contributed by atoms with Gasteiger partial charge in [-0.05, 0) is 50.1 Å². The molecule has 194 valence electrons.